The van der Waals surface area contributed by atoms with E-state index in [9.17, 15) is 0 Å². The molecular formula is C11H19NO. The lowest BCUT2D eigenvalue weighted by Crippen LogP contribution is -2.15. The molecule has 0 fully saturated rings. The van der Waals surface area contributed by atoms with Gasteiger partial charge in [-0.2, -0.15) is 0 Å². The van der Waals surface area contributed by atoms with Crippen LogP contribution in [0.1, 0.15) is 44.8 Å². The van der Waals surface area contributed by atoms with Crippen molar-refractivity contribution in [3.8, 4) is 0 Å². The van der Waals surface area contributed by atoms with Gasteiger partial charge in [0, 0.05) is 6.42 Å². The summed E-state index contributed by atoms with van der Waals surface area (Å²) in [7, 11) is 0. The molecule has 1 heterocycles. The van der Waals surface area contributed by atoms with E-state index < -0.39 is 0 Å². The quantitative estimate of drug-likeness (QED) is 0.775. The Morgan fingerprint density at radius 2 is 2.08 bits per heavy atom. The number of hydrogen-bond donors (Lipinski definition) is 1. The average molecular weight is 181 g/mol. The fraction of sp³-hybridized carbons (Fsp3) is 0.636. The number of nitrogens with two attached hydrogens (primary N) is 1. The Morgan fingerprint density at radius 3 is 2.62 bits per heavy atom. The van der Waals surface area contributed by atoms with Crippen LogP contribution in [0.5, 0.6) is 0 Å². The predicted molar refractivity (Wildman–Crippen MR) is 54.5 cm³/mol. The second-order valence-corrected chi connectivity index (χ2v) is 3.82. The molecule has 0 spiro atoms. The number of furan rings is 1. The van der Waals surface area contributed by atoms with Crippen molar-refractivity contribution >= 4 is 0 Å². The minimum Gasteiger partial charge on any atom is -0.464 e. The standard InChI is InChI=1S/C11H19NO/c1-4-5-9-6-7-10(13-9)11(12)8(2)3/h6-8,11H,4-5,12H2,1-3H3/t11-/m1/s1. The van der Waals surface area contributed by atoms with Crippen molar-refractivity contribution in [3.05, 3.63) is 23.7 Å². The molecule has 2 N–H and O–H groups in total. The lowest BCUT2D eigenvalue weighted by atomic mass is 10.0. The van der Waals surface area contributed by atoms with E-state index in [-0.39, 0.29) is 6.04 Å². The maximum Gasteiger partial charge on any atom is 0.121 e. The van der Waals surface area contributed by atoms with Crippen LogP contribution in [0.4, 0.5) is 0 Å². The average Bonchev–Trinajstić information content (AvgIpc) is 2.52. The van der Waals surface area contributed by atoms with Crippen LogP contribution in [0.25, 0.3) is 0 Å². The normalized spacial score (nSPS) is 13.6. The summed E-state index contributed by atoms with van der Waals surface area (Å²) in [6, 6.07) is 4.06. The van der Waals surface area contributed by atoms with Crippen molar-refractivity contribution in [2.75, 3.05) is 0 Å². The van der Waals surface area contributed by atoms with Gasteiger partial charge in [0.05, 0.1) is 6.04 Å². The van der Waals surface area contributed by atoms with Gasteiger partial charge in [-0.05, 0) is 24.5 Å². The Balaban J connectivity index is 2.67. The monoisotopic (exact) mass is 181 g/mol. The van der Waals surface area contributed by atoms with Gasteiger partial charge in [0.25, 0.3) is 0 Å². The molecular weight excluding hydrogens is 162 g/mol. The number of rotatable bonds is 4. The van der Waals surface area contributed by atoms with E-state index in [2.05, 4.69) is 20.8 Å². The summed E-state index contributed by atoms with van der Waals surface area (Å²) < 4.78 is 5.62. The van der Waals surface area contributed by atoms with E-state index in [4.69, 9.17) is 10.2 Å². The molecule has 0 aliphatic rings. The largest absolute Gasteiger partial charge is 0.464 e. The first-order valence-electron chi connectivity index (χ1n) is 4.99. The molecule has 0 aliphatic carbocycles. The molecule has 0 aliphatic heterocycles. The van der Waals surface area contributed by atoms with E-state index in [1.807, 2.05) is 12.1 Å². The molecule has 74 valence electrons. The molecule has 0 amide bonds. The summed E-state index contributed by atoms with van der Waals surface area (Å²) in [4.78, 5) is 0. The molecule has 0 bridgehead atoms. The zero-order valence-corrected chi connectivity index (χ0v) is 8.71. The SMILES string of the molecule is CCCc1ccc([C@H](N)C(C)C)o1. The molecule has 0 radical (unpaired) electrons. The van der Waals surface area contributed by atoms with Crippen molar-refractivity contribution in [1.82, 2.24) is 0 Å². The van der Waals surface area contributed by atoms with Gasteiger partial charge >= 0.3 is 0 Å². The first-order valence-corrected chi connectivity index (χ1v) is 4.99. The van der Waals surface area contributed by atoms with Crippen LogP contribution < -0.4 is 5.73 Å². The van der Waals surface area contributed by atoms with Gasteiger partial charge in [-0.1, -0.05) is 20.8 Å². The fourth-order valence-electron chi connectivity index (χ4n) is 1.28. The molecule has 1 aromatic heterocycles. The van der Waals surface area contributed by atoms with Crippen molar-refractivity contribution in [3.63, 3.8) is 0 Å². The molecule has 2 heteroatoms. The lowest BCUT2D eigenvalue weighted by molar-refractivity contribution is 0.383. The van der Waals surface area contributed by atoms with Crippen LogP contribution in [-0.4, -0.2) is 0 Å². The Labute approximate surface area is 80.1 Å². The van der Waals surface area contributed by atoms with Gasteiger partial charge in [-0.15, -0.1) is 0 Å². The highest BCUT2D eigenvalue weighted by molar-refractivity contribution is 5.10. The maximum absolute atomic E-state index is 5.95. The second-order valence-electron chi connectivity index (χ2n) is 3.82. The van der Waals surface area contributed by atoms with E-state index >= 15 is 0 Å². The highest BCUT2D eigenvalue weighted by Gasteiger charge is 2.13. The highest BCUT2D eigenvalue weighted by Crippen LogP contribution is 2.21. The van der Waals surface area contributed by atoms with Crippen molar-refractivity contribution in [1.29, 1.82) is 0 Å². The number of hydrogen-bond acceptors (Lipinski definition) is 2. The van der Waals surface area contributed by atoms with Crippen LogP contribution in [-0.2, 0) is 6.42 Å². The van der Waals surface area contributed by atoms with Crippen molar-refractivity contribution in [2.24, 2.45) is 11.7 Å². The third-order valence-electron chi connectivity index (χ3n) is 2.23. The van der Waals surface area contributed by atoms with E-state index in [1.165, 1.54) is 0 Å². The summed E-state index contributed by atoms with van der Waals surface area (Å²) in [5, 5.41) is 0. The molecule has 0 unspecified atom stereocenters. The van der Waals surface area contributed by atoms with Gasteiger partial charge in [-0.25, -0.2) is 0 Å². The zero-order chi connectivity index (χ0) is 9.84. The minimum atomic E-state index is 0.0330. The van der Waals surface area contributed by atoms with Crippen LogP contribution in [0.3, 0.4) is 0 Å². The molecule has 1 atom stereocenters. The Morgan fingerprint density at radius 1 is 1.38 bits per heavy atom. The van der Waals surface area contributed by atoms with Gasteiger partial charge in [0.2, 0.25) is 0 Å². The maximum atomic E-state index is 5.95. The molecule has 1 aromatic rings. The summed E-state index contributed by atoms with van der Waals surface area (Å²) in [6.07, 6.45) is 2.12. The third-order valence-corrected chi connectivity index (χ3v) is 2.23. The van der Waals surface area contributed by atoms with E-state index in [0.717, 1.165) is 24.4 Å². The van der Waals surface area contributed by atoms with Crippen molar-refractivity contribution < 1.29 is 4.42 Å². The topological polar surface area (TPSA) is 39.2 Å². The van der Waals surface area contributed by atoms with Gasteiger partial charge in [-0.3, -0.25) is 0 Å². The fourth-order valence-corrected chi connectivity index (χ4v) is 1.28. The summed E-state index contributed by atoms with van der Waals surface area (Å²) in [5.74, 6) is 2.40. The minimum absolute atomic E-state index is 0.0330. The Bertz CT molecular complexity index is 252. The van der Waals surface area contributed by atoms with E-state index in [1.54, 1.807) is 0 Å². The third kappa shape index (κ3) is 2.59. The molecule has 0 aromatic carbocycles. The molecule has 0 saturated carbocycles. The lowest BCUT2D eigenvalue weighted by Gasteiger charge is -2.11. The van der Waals surface area contributed by atoms with Gasteiger partial charge < -0.3 is 10.2 Å². The number of aryl methyl sites for hydroxylation is 1. The molecule has 2 nitrogen and oxygen atoms in total. The molecule has 1 rings (SSSR count). The highest BCUT2D eigenvalue weighted by atomic mass is 16.3. The summed E-state index contributed by atoms with van der Waals surface area (Å²) >= 11 is 0. The van der Waals surface area contributed by atoms with Crippen molar-refractivity contribution in [2.45, 2.75) is 39.7 Å². The smallest absolute Gasteiger partial charge is 0.121 e. The summed E-state index contributed by atoms with van der Waals surface area (Å²) in [5.41, 5.74) is 5.95. The Hall–Kier alpha value is -0.760. The molecule has 0 saturated heterocycles. The molecule has 13 heavy (non-hydrogen) atoms. The zero-order valence-electron chi connectivity index (χ0n) is 8.71. The Kier molecular flexibility index (Phi) is 3.55. The second kappa shape index (κ2) is 4.47. The van der Waals surface area contributed by atoms with Crippen LogP contribution in [0, 0.1) is 5.92 Å². The first-order chi connectivity index (χ1) is 6.15. The van der Waals surface area contributed by atoms with E-state index in [0.29, 0.717) is 5.92 Å². The van der Waals surface area contributed by atoms with Gasteiger partial charge in [0.15, 0.2) is 0 Å². The first kappa shape index (κ1) is 10.3. The predicted octanol–water partition coefficient (Wildman–Crippen LogP) is 2.89. The van der Waals surface area contributed by atoms with Crippen LogP contribution >= 0.6 is 0 Å². The van der Waals surface area contributed by atoms with Gasteiger partial charge in [0.1, 0.15) is 11.5 Å². The summed E-state index contributed by atoms with van der Waals surface area (Å²) in [6.45, 7) is 6.35. The van der Waals surface area contributed by atoms with Crippen LogP contribution in [0.15, 0.2) is 16.5 Å². The van der Waals surface area contributed by atoms with Crippen LogP contribution in [0.2, 0.25) is 0 Å².